The van der Waals surface area contributed by atoms with Gasteiger partial charge in [-0.25, -0.2) is 0 Å². The molecule has 0 rings (SSSR count). The summed E-state index contributed by atoms with van der Waals surface area (Å²) in [5, 5.41) is 9.88. The number of aliphatic hydroxyl groups excluding tert-OH is 1. The van der Waals surface area contributed by atoms with Crippen molar-refractivity contribution in [1.29, 1.82) is 0 Å². The third kappa shape index (κ3) is 5.29. The van der Waals surface area contributed by atoms with Crippen molar-refractivity contribution in [2.24, 2.45) is 5.92 Å². The summed E-state index contributed by atoms with van der Waals surface area (Å²) in [6.45, 7) is 6.00. The van der Waals surface area contributed by atoms with Crippen LogP contribution < -0.4 is 0 Å². The highest BCUT2D eigenvalue weighted by atomic mass is 127. The molecular formula is C11H21IO3. The topological polar surface area (TPSA) is 38.7 Å². The summed E-state index contributed by atoms with van der Waals surface area (Å²) in [7, 11) is 3.24. The van der Waals surface area contributed by atoms with Gasteiger partial charge in [-0.1, -0.05) is 19.4 Å². The zero-order chi connectivity index (χ0) is 12.0. The van der Waals surface area contributed by atoms with Crippen LogP contribution >= 0.6 is 22.6 Å². The molecule has 0 aliphatic rings. The average Bonchev–Trinajstić information content (AvgIpc) is 2.23. The molecule has 0 amide bonds. The van der Waals surface area contributed by atoms with Gasteiger partial charge in [0.1, 0.15) is 0 Å². The fourth-order valence-corrected chi connectivity index (χ4v) is 2.09. The van der Waals surface area contributed by atoms with E-state index in [2.05, 4.69) is 22.6 Å². The molecule has 0 saturated carbocycles. The lowest BCUT2D eigenvalue weighted by atomic mass is 10.0. The summed E-state index contributed by atoms with van der Waals surface area (Å²) >= 11 is 2.19. The second-order valence-electron chi connectivity index (χ2n) is 3.92. The van der Waals surface area contributed by atoms with Crippen molar-refractivity contribution in [3.05, 3.63) is 9.15 Å². The summed E-state index contributed by atoms with van der Waals surface area (Å²) in [5.41, 5.74) is 1.12. The summed E-state index contributed by atoms with van der Waals surface area (Å²) in [6, 6.07) is 0. The molecule has 0 fully saturated rings. The first kappa shape index (κ1) is 15.3. The van der Waals surface area contributed by atoms with Gasteiger partial charge in [-0.3, -0.25) is 0 Å². The molecular weight excluding hydrogens is 307 g/mol. The molecule has 1 unspecified atom stereocenters. The Morgan fingerprint density at radius 3 is 2.07 bits per heavy atom. The van der Waals surface area contributed by atoms with Gasteiger partial charge in [-0.15, -0.1) is 0 Å². The largest absolute Gasteiger partial charge is 0.388 e. The van der Waals surface area contributed by atoms with Crippen molar-refractivity contribution in [2.75, 3.05) is 14.2 Å². The minimum Gasteiger partial charge on any atom is -0.388 e. The molecule has 0 aromatic carbocycles. The fourth-order valence-electron chi connectivity index (χ4n) is 1.16. The maximum atomic E-state index is 9.88. The predicted octanol–water partition coefficient (Wildman–Crippen LogP) is 2.72. The van der Waals surface area contributed by atoms with E-state index in [1.807, 2.05) is 20.8 Å². The predicted molar refractivity (Wildman–Crippen MR) is 70.0 cm³/mol. The van der Waals surface area contributed by atoms with Gasteiger partial charge < -0.3 is 14.6 Å². The minimum atomic E-state index is -0.389. The van der Waals surface area contributed by atoms with Crippen LogP contribution in [0.5, 0.6) is 0 Å². The molecule has 3 nitrogen and oxygen atoms in total. The SMILES string of the molecule is COC(C/C(C)=C(/I)C(O)C(C)C)OC. The highest BCUT2D eigenvalue weighted by Gasteiger charge is 2.17. The van der Waals surface area contributed by atoms with E-state index in [4.69, 9.17) is 9.47 Å². The third-order valence-corrected chi connectivity index (χ3v) is 3.86. The van der Waals surface area contributed by atoms with Crippen LogP contribution in [-0.2, 0) is 9.47 Å². The standard InChI is InChI=1S/C11H21IO3/c1-7(2)11(13)10(12)8(3)6-9(14-4)15-5/h7,9,11,13H,6H2,1-5H3/b10-8+. The van der Waals surface area contributed by atoms with E-state index in [0.29, 0.717) is 6.42 Å². The van der Waals surface area contributed by atoms with E-state index in [1.54, 1.807) is 14.2 Å². The Kier molecular flexibility index (Phi) is 7.77. The van der Waals surface area contributed by atoms with Crippen molar-refractivity contribution in [2.45, 2.75) is 39.6 Å². The molecule has 0 aliphatic heterocycles. The van der Waals surface area contributed by atoms with Crippen LogP contribution in [0.3, 0.4) is 0 Å². The van der Waals surface area contributed by atoms with Crippen LogP contribution in [0.2, 0.25) is 0 Å². The Labute approximate surface area is 106 Å². The monoisotopic (exact) mass is 328 g/mol. The normalized spacial score (nSPS) is 15.8. The first-order chi connectivity index (χ1) is 6.93. The molecule has 4 heteroatoms. The molecule has 0 aromatic rings. The zero-order valence-electron chi connectivity index (χ0n) is 10.1. The quantitative estimate of drug-likeness (QED) is 0.602. The summed E-state index contributed by atoms with van der Waals surface area (Å²) in [6.07, 6.45) is 0.0730. The van der Waals surface area contributed by atoms with Gasteiger partial charge >= 0.3 is 0 Å². The van der Waals surface area contributed by atoms with Crippen LogP contribution in [0, 0.1) is 5.92 Å². The van der Waals surface area contributed by atoms with E-state index >= 15 is 0 Å². The van der Waals surface area contributed by atoms with Gasteiger partial charge in [0.2, 0.25) is 0 Å². The molecule has 0 saturated heterocycles. The van der Waals surface area contributed by atoms with E-state index < -0.39 is 0 Å². The maximum absolute atomic E-state index is 9.88. The molecule has 0 spiro atoms. The Hall–Kier alpha value is 0.350. The van der Waals surface area contributed by atoms with Crippen molar-refractivity contribution in [1.82, 2.24) is 0 Å². The first-order valence-electron chi connectivity index (χ1n) is 5.02. The van der Waals surface area contributed by atoms with E-state index in [-0.39, 0.29) is 18.3 Å². The van der Waals surface area contributed by atoms with E-state index in [0.717, 1.165) is 9.15 Å². The number of halogens is 1. The van der Waals surface area contributed by atoms with Crippen molar-refractivity contribution in [3.8, 4) is 0 Å². The fraction of sp³-hybridized carbons (Fsp3) is 0.818. The van der Waals surface area contributed by atoms with Crippen LogP contribution in [0.25, 0.3) is 0 Å². The van der Waals surface area contributed by atoms with Crippen molar-refractivity contribution < 1.29 is 14.6 Å². The van der Waals surface area contributed by atoms with Gasteiger partial charge in [-0.2, -0.15) is 0 Å². The number of methoxy groups -OCH3 is 2. The molecule has 1 N–H and O–H groups in total. The van der Waals surface area contributed by atoms with Gasteiger partial charge in [-0.05, 0) is 35.4 Å². The highest BCUT2D eigenvalue weighted by Crippen LogP contribution is 2.25. The van der Waals surface area contributed by atoms with Gasteiger partial charge in [0.05, 0.1) is 6.10 Å². The van der Waals surface area contributed by atoms with E-state index in [9.17, 15) is 5.11 Å². The molecule has 0 aromatic heterocycles. The second kappa shape index (κ2) is 7.60. The van der Waals surface area contributed by atoms with Crippen molar-refractivity contribution >= 4 is 22.6 Å². The molecule has 90 valence electrons. The molecule has 1 atom stereocenters. The smallest absolute Gasteiger partial charge is 0.160 e. The third-order valence-electron chi connectivity index (χ3n) is 2.30. The second-order valence-corrected chi connectivity index (χ2v) is 5.08. The number of ether oxygens (including phenoxy) is 2. The van der Waals surface area contributed by atoms with Crippen molar-refractivity contribution in [3.63, 3.8) is 0 Å². The number of hydrogen-bond donors (Lipinski definition) is 1. The zero-order valence-corrected chi connectivity index (χ0v) is 12.2. The molecule has 0 bridgehead atoms. The lowest BCUT2D eigenvalue weighted by molar-refractivity contribution is -0.100. The average molecular weight is 328 g/mol. The Bertz CT molecular complexity index is 210. The lowest BCUT2D eigenvalue weighted by Crippen LogP contribution is -2.18. The molecule has 0 heterocycles. The lowest BCUT2D eigenvalue weighted by Gasteiger charge is -2.19. The maximum Gasteiger partial charge on any atom is 0.160 e. The Morgan fingerprint density at radius 1 is 1.27 bits per heavy atom. The Morgan fingerprint density at radius 2 is 1.73 bits per heavy atom. The Balaban J connectivity index is 4.49. The molecule has 0 aliphatic carbocycles. The molecule has 15 heavy (non-hydrogen) atoms. The van der Waals surface area contributed by atoms with Gasteiger partial charge in [0, 0.05) is 24.2 Å². The van der Waals surface area contributed by atoms with Crippen LogP contribution in [0.1, 0.15) is 27.2 Å². The summed E-state index contributed by atoms with van der Waals surface area (Å²) < 4.78 is 11.2. The summed E-state index contributed by atoms with van der Waals surface area (Å²) in [4.78, 5) is 0. The van der Waals surface area contributed by atoms with Crippen LogP contribution in [-0.4, -0.2) is 31.7 Å². The van der Waals surface area contributed by atoms with Gasteiger partial charge in [0.15, 0.2) is 6.29 Å². The highest BCUT2D eigenvalue weighted by molar-refractivity contribution is 14.1. The number of rotatable bonds is 6. The summed E-state index contributed by atoms with van der Waals surface area (Å²) in [5.74, 6) is 0.232. The number of hydrogen-bond acceptors (Lipinski definition) is 3. The van der Waals surface area contributed by atoms with Crippen LogP contribution in [0.4, 0.5) is 0 Å². The number of aliphatic hydroxyl groups is 1. The first-order valence-corrected chi connectivity index (χ1v) is 6.10. The van der Waals surface area contributed by atoms with Crippen LogP contribution in [0.15, 0.2) is 9.15 Å². The van der Waals surface area contributed by atoms with E-state index in [1.165, 1.54) is 0 Å². The van der Waals surface area contributed by atoms with Gasteiger partial charge in [0.25, 0.3) is 0 Å². The minimum absolute atomic E-state index is 0.228. The molecule has 0 radical (unpaired) electrons.